The van der Waals surface area contributed by atoms with Crippen molar-refractivity contribution in [2.45, 2.75) is 32.0 Å². The number of benzene rings is 1. The summed E-state index contributed by atoms with van der Waals surface area (Å²) < 4.78 is 35.7. The number of aromatic hydroxyl groups is 2. The molecule has 1 aromatic rings. The van der Waals surface area contributed by atoms with Gasteiger partial charge in [-0.2, -0.15) is 13.2 Å². The topological polar surface area (TPSA) is 52.5 Å². The van der Waals surface area contributed by atoms with E-state index in [9.17, 15) is 18.3 Å². The minimum absolute atomic E-state index is 0.00726. The molecule has 0 amide bonds. The Hall–Kier alpha value is -1.43. The van der Waals surface area contributed by atoms with Crippen LogP contribution in [0.25, 0.3) is 0 Å². The maximum Gasteiger partial charge on any atom is 0.389 e. The lowest BCUT2D eigenvalue weighted by Crippen LogP contribution is -2.21. The van der Waals surface area contributed by atoms with Crippen molar-refractivity contribution in [2.24, 2.45) is 0 Å². The predicted molar refractivity (Wildman–Crippen MR) is 61.5 cm³/mol. The summed E-state index contributed by atoms with van der Waals surface area (Å²) in [7, 11) is 0. The van der Waals surface area contributed by atoms with E-state index in [1.807, 2.05) is 0 Å². The van der Waals surface area contributed by atoms with Crippen LogP contribution in [0.5, 0.6) is 11.5 Å². The van der Waals surface area contributed by atoms with Gasteiger partial charge in [0, 0.05) is 24.1 Å². The lowest BCUT2D eigenvalue weighted by molar-refractivity contribution is -0.135. The van der Waals surface area contributed by atoms with E-state index in [-0.39, 0.29) is 30.5 Å². The molecule has 0 saturated carbocycles. The lowest BCUT2D eigenvalue weighted by Gasteiger charge is -2.16. The fourth-order valence-corrected chi connectivity index (χ4v) is 1.62. The summed E-state index contributed by atoms with van der Waals surface area (Å²) in [5, 5.41) is 21.6. The quantitative estimate of drug-likeness (QED) is 0.715. The minimum atomic E-state index is -4.13. The maximum absolute atomic E-state index is 11.9. The molecule has 18 heavy (non-hydrogen) atoms. The molecule has 0 bridgehead atoms. The highest BCUT2D eigenvalue weighted by Crippen LogP contribution is 2.28. The Morgan fingerprint density at radius 3 is 2.50 bits per heavy atom. The molecule has 0 saturated heterocycles. The molecule has 1 rings (SSSR count). The van der Waals surface area contributed by atoms with Gasteiger partial charge in [-0.05, 0) is 26.0 Å². The lowest BCUT2D eigenvalue weighted by atomic mass is 10.1. The van der Waals surface area contributed by atoms with Gasteiger partial charge in [0.2, 0.25) is 0 Å². The van der Waals surface area contributed by atoms with Gasteiger partial charge >= 0.3 is 6.18 Å². The number of nitrogens with one attached hydrogen (secondary N) is 1. The third-order valence-electron chi connectivity index (χ3n) is 2.57. The molecule has 1 aromatic carbocycles. The molecule has 102 valence electrons. The third kappa shape index (κ3) is 4.83. The van der Waals surface area contributed by atoms with Gasteiger partial charge in [-0.15, -0.1) is 0 Å². The molecule has 0 aliphatic carbocycles. The molecule has 1 atom stereocenters. The SMILES string of the molecule is CC(NCCCC(F)(F)F)c1ccc(O)cc1O. The maximum atomic E-state index is 11.9. The Balaban J connectivity index is 2.43. The van der Waals surface area contributed by atoms with Gasteiger partial charge in [0.1, 0.15) is 11.5 Å². The number of hydrogen-bond donors (Lipinski definition) is 3. The first-order valence-electron chi connectivity index (χ1n) is 5.61. The molecule has 1 unspecified atom stereocenters. The first kappa shape index (κ1) is 14.6. The summed E-state index contributed by atoms with van der Waals surface area (Å²) in [5.74, 6) is -0.133. The highest BCUT2D eigenvalue weighted by atomic mass is 19.4. The molecule has 0 fully saturated rings. The second-order valence-corrected chi connectivity index (χ2v) is 4.14. The molecule has 3 nitrogen and oxygen atoms in total. The van der Waals surface area contributed by atoms with E-state index in [1.54, 1.807) is 6.92 Å². The molecule has 0 aliphatic rings. The van der Waals surface area contributed by atoms with Crippen LogP contribution in [0.3, 0.4) is 0 Å². The normalized spacial score (nSPS) is 13.6. The first-order valence-corrected chi connectivity index (χ1v) is 5.61. The number of phenolic OH excluding ortho intramolecular Hbond substituents is 2. The molecule has 0 heterocycles. The van der Waals surface area contributed by atoms with Crippen molar-refractivity contribution < 1.29 is 23.4 Å². The Morgan fingerprint density at radius 2 is 1.94 bits per heavy atom. The molecule has 0 aliphatic heterocycles. The van der Waals surface area contributed by atoms with E-state index in [2.05, 4.69) is 5.32 Å². The van der Waals surface area contributed by atoms with Crippen LogP contribution in [0.1, 0.15) is 31.4 Å². The van der Waals surface area contributed by atoms with Crippen molar-refractivity contribution in [3.63, 3.8) is 0 Å². The Bertz CT molecular complexity index is 393. The van der Waals surface area contributed by atoms with Crippen LogP contribution in [0.15, 0.2) is 18.2 Å². The fourth-order valence-electron chi connectivity index (χ4n) is 1.62. The highest BCUT2D eigenvalue weighted by molar-refractivity contribution is 5.40. The second-order valence-electron chi connectivity index (χ2n) is 4.14. The van der Waals surface area contributed by atoms with Gasteiger partial charge in [0.05, 0.1) is 0 Å². The Morgan fingerprint density at radius 1 is 1.28 bits per heavy atom. The van der Waals surface area contributed by atoms with Gasteiger partial charge in [-0.25, -0.2) is 0 Å². The van der Waals surface area contributed by atoms with Crippen molar-refractivity contribution in [2.75, 3.05) is 6.54 Å². The van der Waals surface area contributed by atoms with Gasteiger partial charge in [0.25, 0.3) is 0 Å². The van der Waals surface area contributed by atoms with Crippen LogP contribution in [-0.2, 0) is 0 Å². The van der Waals surface area contributed by atoms with Crippen LogP contribution in [0, 0.1) is 0 Å². The van der Waals surface area contributed by atoms with Crippen molar-refractivity contribution in [3.05, 3.63) is 23.8 Å². The minimum Gasteiger partial charge on any atom is -0.508 e. The van der Waals surface area contributed by atoms with Crippen LogP contribution in [0.4, 0.5) is 13.2 Å². The van der Waals surface area contributed by atoms with Crippen molar-refractivity contribution in [3.8, 4) is 11.5 Å². The second kappa shape index (κ2) is 5.95. The van der Waals surface area contributed by atoms with E-state index in [0.717, 1.165) is 0 Å². The number of hydrogen-bond acceptors (Lipinski definition) is 3. The number of alkyl halides is 3. The largest absolute Gasteiger partial charge is 0.508 e. The van der Waals surface area contributed by atoms with E-state index >= 15 is 0 Å². The standard InChI is InChI=1S/C12H16F3NO2/c1-8(16-6-2-5-12(13,14)15)10-4-3-9(17)7-11(10)18/h3-4,7-8,16-18H,2,5-6H2,1H3. The molecule has 6 heteroatoms. The number of rotatable bonds is 5. The summed E-state index contributed by atoms with van der Waals surface area (Å²) >= 11 is 0. The van der Waals surface area contributed by atoms with E-state index in [4.69, 9.17) is 5.11 Å². The zero-order valence-electron chi connectivity index (χ0n) is 9.96. The van der Waals surface area contributed by atoms with Gasteiger partial charge in [0.15, 0.2) is 0 Å². The van der Waals surface area contributed by atoms with Gasteiger partial charge in [-0.3, -0.25) is 0 Å². The monoisotopic (exact) mass is 263 g/mol. The average Bonchev–Trinajstić information content (AvgIpc) is 2.22. The van der Waals surface area contributed by atoms with Crippen molar-refractivity contribution in [1.82, 2.24) is 5.32 Å². The molecular weight excluding hydrogens is 247 g/mol. The van der Waals surface area contributed by atoms with Crippen LogP contribution >= 0.6 is 0 Å². The van der Waals surface area contributed by atoms with Crippen LogP contribution in [0.2, 0.25) is 0 Å². The summed E-state index contributed by atoms with van der Waals surface area (Å²) in [5.41, 5.74) is 0.541. The molecule has 0 aromatic heterocycles. The summed E-state index contributed by atoms with van der Waals surface area (Å²) in [6.07, 6.45) is -4.97. The zero-order chi connectivity index (χ0) is 13.8. The molecule has 0 radical (unpaired) electrons. The predicted octanol–water partition coefficient (Wildman–Crippen LogP) is 3.09. The van der Waals surface area contributed by atoms with Crippen LogP contribution in [-0.4, -0.2) is 22.9 Å². The summed E-state index contributed by atoms with van der Waals surface area (Å²) in [6.45, 7) is 1.95. The highest BCUT2D eigenvalue weighted by Gasteiger charge is 2.26. The fraction of sp³-hybridized carbons (Fsp3) is 0.500. The molecule has 0 spiro atoms. The first-order chi connectivity index (χ1) is 8.29. The van der Waals surface area contributed by atoms with Crippen molar-refractivity contribution >= 4 is 0 Å². The Kier molecular flexibility index (Phi) is 4.84. The number of halogens is 3. The average molecular weight is 263 g/mol. The van der Waals surface area contributed by atoms with Gasteiger partial charge in [-0.1, -0.05) is 6.07 Å². The van der Waals surface area contributed by atoms with Gasteiger partial charge < -0.3 is 15.5 Å². The van der Waals surface area contributed by atoms with E-state index in [1.165, 1.54) is 18.2 Å². The molecular formula is C12H16F3NO2. The zero-order valence-corrected chi connectivity index (χ0v) is 9.96. The number of phenols is 2. The summed E-state index contributed by atoms with van der Waals surface area (Å²) in [4.78, 5) is 0. The van der Waals surface area contributed by atoms with Crippen molar-refractivity contribution in [1.29, 1.82) is 0 Å². The molecule has 3 N–H and O–H groups in total. The van der Waals surface area contributed by atoms with E-state index in [0.29, 0.717) is 5.56 Å². The third-order valence-corrected chi connectivity index (χ3v) is 2.57. The van der Waals surface area contributed by atoms with E-state index < -0.39 is 12.6 Å². The summed E-state index contributed by atoms with van der Waals surface area (Å²) in [6, 6.07) is 3.87. The van der Waals surface area contributed by atoms with Crippen LogP contribution < -0.4 is 5.32 Å². The Labute approximate surface area is 103 Å². The smallest absolute Gasteiger partial charge is 0.389 e.